The van der Waals surface area contributed by atoms with Crippen LogP contribution in [-0.4, -0.2) is 34.7 Å². The van der Waals surface area contributed by atoms with Gasteiger partial charge in [0.25, 0.3) is 0 Å². The van der Waals surface area contributed by atoms with Gasteiger partial charge in [0.1, 0.15) is 5.82 Å². The lowest BCUT2D eigenvalue weighted by Crippen LogP contribution is -2.28. The normalized spacial score (nSPS) is 13.5. The van der Waals surface area contributed by atoms with Crippen molar-refractivity contribution in [1.82, 2.24) is 4.57 Å². The summed E-state index contributed by atoms with van der Waals surface area (Å²) in [5, 5.41) is 0. The maximum Gasteiger partial charge on any atom is 0.338 e. The fraction of sp³-hybridized carbons (Fsp3) is 0.200. The van der Waals surface area contributed by atoms with Gasteiger partial charge in [0.2, 0.25) is 17.6 Å². The molecule has 8 heteroatoms. The van der Waals surface area contributed by atoms with Crippen molar-refractivity contribution in [2.45, 2.75) is 26.7 Å². The van der Waals surface area contributed by atoms with Gasteiger partial charge < -0.3 is 9.30 Å². The Hall–Kier alpha value is -4.07. The van der Waals surface area contributed by atoms with Crippen LogP contribution in [0.1, 0.15) is 44.9 Å². The summed E-state index contributed by atoms with van der Waals surface area (Å²) in [6, 6.07) is 13.6. The average molecular weight is 448 g/mol. The van der Waals surface area contributed by atoms with Crippen molar-refractivity contribution in [3.8, 4) is 5.69 Å². The molecule has 0 radical (unpaired) electrons. The molecule has 2 aromatic carbocycles. The summed E-state index contributed by atoms with van der Waals surface area (Å²) >= 11 is 0. The lowest BCUT2D eigenvalue weighted by Gasteiger charge is -2.14. The topological polar surface area (TPSA) is 85.7 Å². The number of halogens is 1. The first kappa shape index (κ1) is 22.1. The van der Waals surface area contributed by atoms with Crippen LogP contribution in [0, 0.1) is 19.7 Å². The van der Waals surface area contributed by atoms with Crippen molar-refractivity contribution < 1.29 is 28.3 Å². The number of aryl methyl sites for hydroxylation is 1. The van der Waals surface area contributed by atoms with E-state index in [1.165, 1.54) is 36.4 Å². The second-order valence-electron chi connectivity index (χ2n) is 7.77. The minimum atomic E-state index is -0.701. The number of imide groups is 1. The molecule has 3 aromatic rings. The van der Waals surface area contributed by atoms with E-state index in [-0.39, 0.29) is 41.8 Å². The van der Waals surface area contributed by atoms with E-state index in [9.17, 15) is 23.6 Å². The molecule has 0 bridgehead atoms. The van der Waals surface area contributed by atoms with Gasteiger partial charge in [-0.15, -0.1) is 0 Å². The molecule has 168 valence electrons. The number of carbonyl (C=O) groups is 4. The van der Waals surface area contributed by atoms with Crippen LogP contribution in [0.4, 0.5) is 10.1 Å². The number of carbonyl (C=O) groups excluding carboxylic acids is 4. The quantitative estimate of drug-likeness (QED) is 0.324. The Morgan fingerprint density at radius 3 is 2.24 bits per heavy atom. The highest BCUT2D eigenvalue weighted by Gasteiger charge is 2.30. The minimum absolute atomic E-state index is 0.171. The fourth-order valence-electron chi connectivity index (χ4n) is 3.96. The van der Waals surface area contributed by atoms with Crippen LogP contribution in [0.25, 0.3) is 5.69 Å². The Morgan fingerprint density at radius 2 is 1.61 bits per heavy atom. The fourth-order valence-corrected chi connectivity index (χ4v) is 3.96. The Bertz CT molecular complexity index is 1260. The highest BCUT2D eigenvalue weighted by atomic mass is 19.1. The number of benzene rings is 2. The molecular weight excluding hydrogens is 427 g/mol. The summed E-state index contributed by atoms with van der Waals surface area (Å²) in [4.78, 5) is 49.9. The molecule has 33 heavy (non-hydrogen) atoms. The van der Waals surface area contributed by atoms with Gasteiger partial charge in [0.05, 0.1) is 11.3 Å². The molecule has 2 heterocycles. The average Bonchev–Trinajstić information content (AvgIpc) is 3.29. The van der Waals surface area contributed by atoms with E-state index in [4.69, 9.17) is 4.74 Å². The van der Waals surface area contributed by atoms with E-state index in [0.717, 1.165) is 10.6 Å². The zero-order chi connectivity index (χ0) is 23.7. The van der Waals surface area contributed by atoms with Crippen LogP contribution >= 0.6 is 0 Å². The van der Waals surface area contributed by atoms with Gasteiger partial charge in [-0.2, -0.15) is 0 Å². The smallest absolute Gasteiger partial charge is 0.338 e. The van der Waals surface area contributed by atoms with Crippen LogP contribution in [-0.2, 0) is 14.3 Å². The van der Waals surface area contributed by atoms with E-state index >= 15 is 0 Å². The van der Waals surface area contributed by atoms with Gasteiger partial charge in [-0.05, 0) is 62.4 Å². The second-order valence-corrected chi connectivity index (χ2v) is 7.77. The number of Topliss-reactive ketones (excluding diaryl/α,β-unsaturated/α-hetero) is 1. The Kier molecular flexibility index (Phi) is 5.91. The maximum atomic E-state index is 13.6. The molecule has 7 nitrogen and oxygen atoms in total. The molecule has 1 fully saturated rings. The van der Waals surface area contributed by atoms with Crippen molar-refractivity contribution in [1.29, 1.82) is 0 Å². The molecular formula is C25H21FN2O5. The lowest BCUT2D eigenvalue weighted by molar-refractivity contribution is -0.121. The van der Waals surface area contributed by atoms with Crippen LogP contribution in [0.15, 0.2) is 54.6 Å². The molecule has 0 saturated carbocycles. The van der Waals surface area contributed by atoms with E-state index in [2.05, 4.69) is 0 Å². The third kappa shape index (κ3) is 4.32. The van der Waals surface area contributed by atoms with Gasteiger partial charge in [-0.25, -0.2) is 9.18 Å². The van der Waals surface area contributed by atoms with Gasteiger partial charge in [-0.3, -0.25) is 19.3 Å². The van der Waals surface area contributed by atoms with Gasteiger partial charge >= 0.3 is 5.97 Å². The first-order valence-electron chi connectivity index (χ1n) is 10.4. The van der Waals surface area contributed by atoms with E-state index in [1.54, 1.807) is 36.6 Å². The number of hydrogen-bond donors (Lipinski definition) is 0. The monoisotopic (exact) mass is 448 g/mol. The van der Waals surface area contributed by atoms with E-state index < -0.39 is 12.6 Å². The zero-order valence-electron chi connectivity index (χ0n) is 18.1. The van der Waals surface area contributed by atoms with Crippen LogP contribution < -0.4 is 4.90 Å². The second kappa shape index (κ2) is 8.82. The molecule has 1 aliphatic heterocycles. The largest absolute Gasteiger partial charge is 0.454 e. The number of esters is 1. The summed E-state index contributed by atoms with van der Waals surface area (Å²) in [6.07, 6.45) is 0.342. The van der Waals surface area contributed by atoms with Crippen molar-refractivity contribution in [3.05, 3.63) is 82.9 Å². The van der Waals surface area contributed by atoms with Gasteiger partial charge in [-0.1, -0.05) is 6.07 Å². The van der Waals surface area contributed by atoms with Crippen LogP contribution in [0.5, 0.6) is 0 Å². The summed E-state index contributed by atoms with van der Waals surface area (Å²) in [5.74, 6) is -2.03. The number of aromatic nitrogens is 1. The Balaban J connectivity index is 1.44. The van der Waals surface area contributed by atoms with Crippen molar-refractivity contribution >= 4 is 29.3 Å². The third-order valence-electron chi connectivity index (χ3n) is 5.55. The molecule has 0 N–H and O–H groups in total. The van der Waals surface area contributed by atoms with E-state index in [0.29, 0.717) is 22.6 Å². The van der Waals surface area contributed by atoms with Crippen molar-refractivity contribution in [2.75, 3.05) is 11.5 Å². The number of rotatable bonds is 6. The molecule has 1 aliphatic rings. The minimum Gasteiger partial charge on any atom is -0.454 e. The Morgan fingerprint density at radius 1 is 0.939 bits per heavy atom. The van der Waals surface area contributed by atoms with Gasteiger partial charge in [0, 0.05) is 35.5 Å². The molecule has 4 rings (SSSR count). The van der Waals surface area contributed by atoms with Crippen molar-refractivity contribution in [3.63, 3.8) is 0 Å². The summed E-state index contributed by atoms with van der Waals surface area (Å²) in [6.45, 7) is 3.09. The number of amides is 2. The zero-order valence-corrected chi connectivity index (χ0v) is 18.1. The number of ketones is 1. The molecule has 0 atom stereocenters. The maximum absolute atomic E-state index is 13.6. The predicted molar refractivity (Wildman–Crippen MR) is 118 cm³/mol. The molecule has 0 unspecified atom stereocenters. The Labute approximate surface area is 189 Å². The van der Waals surface area contributed by atoms with Crippen LogP contribution in [0.2, 0.25) is 0 Å². The predicted octanol–water partition coefficient (Wildman–Crippen LogP) is 3.93. The first-order chi connectivity index (χ1) is 15.8. The number of hydrogen-bond acceptors (Lipinski definition) is 5. The number of anilines is 1. The van der Waals surface area contributed by atoms with Crippen LogP contribution in [0.3, 0.4) is 0 Å². The summed E-state index contributed by atoms with van der Waals surface area (Å²) in [7, 11) is 0. The van der Waals surface area contributed by atoms with Gasteiger partial charge in [0.15, 0.2) is 6.61 Å². The number of ether oxygens (including phenoxy) is 1. The molecule has 1 saturated heterocycles. The molecule has 2 amide bonds. The first-order valence-corrected chi connectivity index (χ1v) is 10.4. The third-order valence-corrected chi connectivity index (χ3v) is 5.55. The summed E-state index contributed by atoms with van der Waals surface area (Å²) < 4.78 is 20.6. The number of nitrogens with zero attached hydrogens (tertiary/aromatic N) is 2. The standard InChI is InChI=1S/C25H21FN2O5/c1-15-12-21(16(2)27(15)20-5-3-4-18(26)13-20)22(29)14-33-25(32)17-6-8-19(9-7-17)28-23(30)10-11-24(28)31/h3-9,12-13H,10-11,14H2,1-2H3. The lowest BCUT2D eigenvalue weighted by atomic mass is 10.1. The highest BCUT2D eigenvalue weighted by molar-refractivity contribution is 6.19. The molecule has 0 aliphatic carbocycles. The highest BCUT2D eigenvalue weighted by Crippen LogP contribution is 2.24. The van der Waals surface area contributed by atoms with E-state index in [1.807, 2.05) is 0 Å². The summed E-state index contributed by atoms with van der Waals surface area (Å²) in [5.41, 5.74) is 2.91. The SMILES string of the molecule is Cc1cc(C(=O)COC(=O)c2ccc(N3C(=O)CCC3=O)cc2)c(C)n1-c1cccc(F)c1. The molecule has 1 aromatic heterocycles. The van der Waals surface area contributed by atoms with Crippen molar-refractivity contribution in [2.24, 2.45) is 0 Å². The molecule has 0 spiro atoms.